The summed E-state index contributed by atoms with van der Waals surface area (Å²) in [5, 5.41) is 16.0. The summed E-state index contributed by atoms with van der Waals surface area (Å²) < 4.78 is 2.28. The molecule has 0 saturated carbocycles. The van der Waals surface area contributed by atoms with E-state index in [1.165, 1.54) is 0 Å². The van der Waals surface area contributed by atoms with E-state index in [0.29, 0.717) is 18.7 Å². The summed E-state index contributed by atoms with van der Waals surface area (Å²) in [5.74, 6) is -0.226. The minimum Gasteiger partial charge on any atom is -0.545 e. The lowest BCUT2D eigenvalue weighted by atomic mass is 9.78. The molecule has 1 aromatic heterocycles. The van der Waals surface area contributed by atoms with Crippen LogP contribution >= 0.6 is 11.3 Å². The fraction of sp³-hybridized carbons (Fsp3) is 0.167. The van der Waals surface area contributed by atoms with E-state index in [9.17, 15) is 9.90 Å². The average molecular weight is 557 g/mol. The van der Waals surface area contributed by atoms with Gasteiger partial charge in [0.05, 0.1) is 5.97 Å². The van der Waals surface area contributed by atoms with Gasteiger partial charge in [0.2, 0.25) is 5.54 Å². The molecule has 0 spiro atoms. The highest BCUT2D eigenvalue weighted by Gasteiger charge is 2.63. The van der Waals surface area contributed by atoms with Crippen LogP contribution in [-0.4, -0.2) is 21.3 Å². The molecular formula is C36H32N2O2S. The monoisotopic (exact) mass is 556 g/mol. The minimum absolute atomic E-state index is 0.406. The number of carbonyl (C=O) groups excluding carboxylic acids is 1. The SMILES string of the molecule is Cc1ccc([C@H]2[N+](Cc3ccccc3)=C(c3cccs3)N(Cc3ccccc3)[C@]2(C(=O)[O-])c2ccc(C)cc2)cc1. The summed E-state index contributed by atoms with van der Waals surface area (Å²) in [5.41, 5.74) is 4.46. The normalized spacial score (nSPS) is 18.6. The van der Waals surface area contributed by atoms with Gasteiger partial charge in [-0.3, -0.25) is 0 Å². The Morgan fingerprint density at radius 3 is 1.93 bits per heavy atom. The van der Waals surface area contributed by atoms with Gasteiger partial charge in [-0.2, -0.15) is 0 Å². The predicted octanol–water partition coefficient (Wildman–Crippen LogP) is 6.23. The van der Waals surface area contributed by atoms with E-state index < -0.39 is 17.6 Å². The van der Waals surface area contributed by atoms with Crippen LogP contribution in [0.5, 0.6) is 0 Å². The summed E-state index contributed by atoms with van der Waals surface area (Å²) in [4.78, 5) is 17.1. The number of hydrogen-bond acceptors (Lipinski definition) is 4. The molecule has 1 aliphatic rings. The second-order valence-corrected chi connectivity index (χ2v) is 11.7. The van der Waals surface area contributed by atoms with Gasteiger partial charge in [0.1, 0.15) is 18.0 Å². The van der Waals surface area contributed by atoms with E-state index in [1.807, 2.05) is 73.7 Å². The lowest BCUT2D eigenvalue weighted by Gasteiger charge is -2.39. The molecule has 0 bridgehead atoms. The van der Waals surface area contributed by atoms with Crippen molar-refractivity contribution < 1.29 is 14.5 Å². The summed E-state index contributed by atoms with van der Waals surface area (Å²) in [6, 6.07) is 40.1. The maximum absolute atomic E-state index is 14.0. The first-order valence-corrected chi connectivity index (χ1v) is 14.7. The number of thiophene rings is 1. The van der Waals surface area contributed by atoms with Gasteiger partial charge < -0.3 is 9.90 Å². The quantitative estimate of drug-likeness (QED) is 0.213. The molecule has 0 radical (unpaired) electrons. The predicted molar refractivity (Wildman–Crippen MR) is 163 cm³/mol. The van der Waals surface area contributed by atoms with Gasteiger partial charge in [0, 0.05) is 11.1 Å². The lowest BCUT2D eigenvalue weighted by Crippen LogP contribution is -2.59. The first kappa shape index (κ1) is 26.7. The number of rotatable bonds is 8. The number of carboxylic acids is 1. The van der Waals surface area contributed by atoms with Crippen LogP contribution in [0.15, 0.2) is 127 Å². The number of nitrogens with zero attached hydrogens (tertiary/aromatic N) is 2. The summed E-state index contributed by atoms with van der Waals surface area (Å²) in [6.45, 7) is 5.02. The van der Waals surface area contributed by atoms with Crippen molar-refractivity contribution in [2.75, 3.05) is 0 Å². The smallest absolute Gasteiger partial charge is 0.291 e. The van der Waals surface area contributed by atoms with E-state index in [4.69, 9.17) is 0 Å². The topological polar surface area (TPSA) is 46.4 Å². The van der Waals surface area contributed by atoms with Gasteiger partial charge in [-0.05, 0) is 36.4 Å². The Morgan fingerprint density at radius 1 is 0.780 bits per heavy atom. The molecule has 5 heteroatoms. The molecule has 2 heterocycles. The van der Waals surface area contributed by atoms with Gasteiger partial charge in [-0.25, -0.2) is 9.48 Å². The van der Waals surface area contributed by atoms with Crippen LogP contribution in [0.25, 0.3) is 0 Å². The van der Waals surface area contributed by atoms with Crippen molar-refractivity contribution in [3.8, 4) is 0 Å². The molecule has 0 saturated heterocycles. The van der Waals surface area contributed by atoms with Gasteiger partial charge in [-0.1, -0.05) is 126 Å². The zero-order valence-electron chi connectivity index (χ0n) is 23.2. The number of carboxylic acid groups (broad SMARTS) is 1. The van der Waals surface area contributed by atoms with Crippen LogP contribution in [-0.2, 0) is 23.4 Å². The molecule has 41 heavy (non-hydrogen) atoms. The minimum atomic E-state index is -1.51. The number of carbonyl (C=O) groups is 1. The van der Waals surface area contributed by atoms with E-state index in [0.717, 1.165) is 38.5 Å². The Morgan fingerprint density at radius 2 is 1.37 bits per heavy atom. The Bertz CT molecular complexity index is 1660. The summed E-state index contributed by atoms with van der Waals surface area (Å²) in [6.07, 6.45) is 0. The maximum atomic E-state index is 14.0. The molecule has 204 valence electrons. The van der Waals surface area contributed by atoms with Crippen LogP contribution in [0.3, 0.4) is 0 Å². The molecule has 0 amide bonds. The largest absolute Gasteiger partial charge is 0.545 e. The van der Waals surface area contributed by atoms with Gasteiger partial charge in [0.25, 0.3) is 5.84 Å². The highest BCUT2D eigenvalue weighted by atomic mass is 32.1. The van der Waals surface area contributed by atoms with E-state index in [1.54, 1.807) is 11.3 Å². The molecule has 1 aliphatic heterocycles. The summed E-state index contributed by atoms with van der Waals surface area (Å²) in [7, 11) is 0. The number of hydrogen-bond donors (Lipinski definition) is 0. The first-order chi connectivity index (χ1) is 20.0. The van der Waals surface area contributed by atoms with Crippen LogP contribution in [0.4, 0.5) is 0 Å². The average Bonchev–Trinajstić information content (AvgIpc) is 3.60. The van der Waals surface area contributed by atoms with E-state index >= 15 is 0 Å². The second kappa shape index (κ2) is 11.2. The molecular weight excluding hydrogens is 524 g/mol. The molecule has 0 unspecified atom stereocenters. The molecule has 4 aromatic carbocycles. The van der Waals surface area contributed by atoms with Gasteiger partial charge in [-0.15, -0.1) is 11.3 Å². The second-order valence-electron chi connectivity index (χ2n) is 10.7. The number of benzene rings is 4. The zero-order chi connectivity index (χ0) is 28.4. The molecule has 0 aliphatic carbocycles. The highest BCUT2D eigenvalue weighted by Crippen LogP contribution is 2.49. The van der Waals surface area contributed by atoms with E-state index in [2.05, 4.69) is 76.4 Å². The molecule has 4 nitrogen and oxygen atoms in total. The molecule has 2 atom stereocenters. The van der Waals surface area contributed by atoms with Crippen molar-refractivity contribution >= 4 is 23.1 Å². The Kier molecular flexibility index (Phi) is 7.29. The lowest BCUT2D eigenvalue weighted by molar-refractivity contribution is -0.587. The molecule has 5 aromatic rings. The molecule has 0 N–H and O–H groups in total. The fourth-order valence-corrected chi connectivity index (χ4v) is 6.83. The highest BCUT2D eigenvalue weighted by molar-refractivity contribution is 7.12. The van der Waals surface area contributed by atoms with E-state index in [-0.39, 0.29) is 0 Å². The number of aryl methyl sites for hydroxylation is 2. The zero-order valence-corrected chi connectivity index (χ0v) is 24.1. The van der Waals surface area contributed by atoms with Crippen molar-refractivity contribution in [1.82, 2.24) is 4.90 Å². The van der Waals surface area contributed by atoms with Crippen molar-refractivity contribution in [2.45, 2.75) is 38.5 Å². The Hall–Kier alpha value is -4.48. The third-order valence-corrected chi connectivity index (χ3v) is 8.84. The van der Waals surface area contributed by atoms with Gasteiger partial charge in [0.15, 0.2) is 6.04 Å². The maximum Gasteiger partial charge on any atom is 0.291 e. The first-order valence-electron chi connectivity index (χ1n) is 13.9. The van der Waals surface area contributed by atoms with Crippen LogP contribution in [0, 0.1) is 13.8 Å². The number of amidine groups is 1. The Labute approximate surface area is 245 Å². The third kappa shape index (κ3) is 4.87. The van der Waals surface area contributed by atoms with Crippen LogP contribution in [0.1, 0.15) is 44.3 Å². The van der Waals surface area contributed by atoms with Crippen molar-refractivity contribution in [3.05, 3.63) is 165 Å². The molecule has 6 rings (SSSR count). The fourth-order valence-electron chi connectivity index (χ4n) is 6.04. The Balaban J connectivity index is 1.70. The van der Waals surface area contributed by atoms with Crippen molar-refractivity contribution in [3.63, 3.8) is 0 Å². The number of aliphatic carboxylic acids is 1. The standard InChI is InChI=1S/C36H32N2O2S/c1-26-15-19-30(20-16-26)33-36(35(39)40,31-21-17-27(2)18-22-31)38(25-29-12-7-4-8-13-29)34(32-14-9-23-41-32)37(33)24-28-10-5-3-6-11-28/h3-23,33H,24-25H2,1-2H3/t33-,36-/m1/s1. The molecule has 0 fully saturated rings. The van der Waals surface area contributed by atoms with Crippen LogP contribution in [0.2, 0.25) is 0 Å². The summed E-state index contributed by atoms with van der Waals surface area (Å²) >= 11 is 1.62. The third-order valence-electron chi connectivity index (χ3n) is 7.98. The van der Waals surface area contributed by atoms with Gasteiger partial charge >= 0.3 is 0 Å². The van der Waals surface area contributed by atoms with Crippen molar-refractivity contribution in [1.29, 1.82) is 0 Å². The van der Waals surface area contributed by atoms with Crippen molar-refractivity contribution in [2.24, 2.45) is 0 Å². The van der Waals surface area contributed by atoms with Crippen LogP contribution < -0.4 is 5.11 Å².